The fourth-order valence-electron chi connectivity index (χ4n) is 1.64. The van der Waals surface area contributed by atoms with Gasteiger partial charge in [0.15, 0.2) is 11.6 Å². The van der Waals surface area contributed by atoms with Gasteiger partial charge in [0.2, 0.25) is 0 Å². The molecule has 0 aliphatic rings. The summed E-state index contributed by atoms with van der Waals surface area (Å²) >= 11 is 0. The molecule has 0 saturated carbocycles. The van der Waals surface area contributed by atoms with Crippen molar-refractivity contribution in [1.29, 1.82) is 0 Å². The molecule has 0 radical (unpaired) electrons. The molecule has 0 saturated heterocycles. The number of hydrogen-bond donors (Lipinski definition) is 1. The second kappa shape index (κ2) is 6.43. The van der Waals surface area contributed by atoms with Gasteiger partial charge in [0.25, 0.3) is 0 Å². The molecule has 1 N–H and O–H groups in total. The normalized spacial score (nSPS) is 10.8. The van der Waals surface area contributed by atoms with Crippen molar-refractivity contribution in [1.82, 2.24) is 10.3 Å². The number of rotatable bonds is 5. The molecule has 2 rings (SSSR count). The van der Waals surface area contributed by atoms with Crippen LogP contribution in [-0.4, -0.2) is 11.0 Å². The van der Waals surface area contributed by atoms with Crippen LogP contribution in [-0.2, 0) is 6.54 Å². The van der Waals surface area contributed by atoms with E-state index in [0.29, 0.717) is 18.3 Å². The quantitative estimate of drug-likeness (QED) is 0.906. The fraction of sp³-hybridized carbons (Fsp3) is 0.267. The van der Waals surface area contributed by atoms with E-state index in [-0.39, 0.29) is 5.75 Å². The maximum Gasteiger partial charge on any atom is 0.168 e. The Morgan fingerprint density at radius 3 is 2.70 bits per heavy atom. The summed E-state index contributed by atoms with van der Waals surface area (Å²) in [5.41, 5.74) is 0.859. The van der Waals surface area contributed by atoms with Gasteiger partial charge in [0.1, 0.15) is 11.6 Å². The van der Waals surface area contributed by atoms with E-state index in [1.807, 2.05) is 13.8 Å². The Morgan fingerprint density at radius 2 is 2.00 bits per heavy atom. The lowest BCUT2D eigenvalue weighted by Crippen LogP contribution is -2.22. The topological polar surface area (TPSA) is 34.2 Å². The van der Waals surface area contributed by atoms with Gasteiger partial charge in [-0.15, -0.1) is 0 Å². The highest BCUT2D eigenvalue weighted by Crippen LogP contribution is 2.27. The third kappa shape index (κ3) is 3.74. The van der Waals surface area contributed by atoms with Gasteiger partial charge in [-0.05, 0) is 18.2 Å². The predicted octanol–water partition coefficient (Wildman–Crippen LogP) is 3.65. The first kappa shape index (κ1) is 14.4. The summed E-state index contributed by atoms with van der Waals surface area (Å²) in [7, 11) is 0. The van der Waals surface area contributed by atoms with Crippen LogP contribution in [0.5, 0.6) is 11.5 Å². The van der Waals surface area contributed by atoms with Crippen LogP contribution in [0.4, 0.5) is 8.78 Å². The number of ether oxygens (including phenoxy) is 1. The molecule has 1 aromatic heterocycles. The van der Waals surface area contributed by atoms with Crippen LogP contribution in [0.15, 0.2) is 36.7 Å². The van der Waals surface area contributed by atoms with E-state index >= 15 is 0 Å². The van der Waals surface area contributed by atoms with E-state index in [9.17, 15) is 8.78 Å². The highest BCUT2D eigenvalue weighted by Gasteiger charge is 2.10. The molecule has 1 heterocycles. The van der Waals surface area contributed by atoms with Gasteiger partial charge in [-0.2, -0.15) is 0 Å². The summed E-state index contributed by atoms with van der Waals surface area (Å²) in [6, 6.07) is 5.32. The van der Waals surface area contributed by atoms with Crippen LogP contribution in [0.3, 0.4) is 0 Å². The van der Waals surface area contributed by atoms with Crippen molar-refractivity contribution in [3.63, 3.8) is 0 Å². The third-order valence-electron chi connectivity index (χ3n) is 2.68. The number of nitrogens with zero attached hydrogens (tertiary/aromatic N) is 1. The van der Waals surface area contributed by atoms with Crippen LogP contribution in [0.25, 0.3) is 0 Å². The molecule has 2 aromatic rings. The zero-order chi connectivity index (χ0) is 14.5. The largest absolute Gasteiger partial charge is 0.452 e. The zero-order valence-corrected chi connectivity index (χ0v) is 11.4. The number of pyridine rings is 1. The van der Waals surface area contributed by atoms with Gasteiger partial charge < -0.3 is 10.1 Å². The molecule has 0 atom stereocenters. The molecular weight excluding hydrogens is 262 g/mol. The van der Waals surface area contributed by atoms with Crippen LogP contribution < -0.4 is 10.1 Å². The lowest BCUT2D eigenvalue weighted by Gasteiger charge is -2.13. The first-order valence-corrected chi connectivity index (χ1v) is 6.35. The molecule has 0 amide bonds. The molecular formula is C15H16F2N2O. The number of aromatic nitrogens is 1. The molecule has 0 bridgehead atoms. The van der Waals surface area contributed by atoms with E-state index in [0.717, 1.165) is 17.7 Å². The number of hydrogen-bond acceptors (Lipinski definition) is 3. The Morgan fingerprint density at radius 1 is 1.20 bits per heavy atom. The Hall–Kier alpha value is -2.01. The number of benzene rings is 1. The van der Waals surface area contributed by atoms with Crippen molar-refractivity contribution < 1.29 is 13.5 Å². The molecule has 0 aliphatic heterocycles. The molecule has 5 heteroatoms. The lowest BCUT2D eigenvalue weighted by atomic mass is 10.2. The summed E-state index contributed by atoms with van der Waals surface area (Å²) in [4.78, 5) is 3.97. The van der Waals surface area contributed by atoms with Crippen LogP contribution in [0.2, 0.25) is 0 Å². The van der Waals surface area contributed by atoms with E-state index in [4.69, 9.17) is 4.74 Å². The highest BCUT2D eigenvalue weighted by molar-refractivity contribution is 5.36. The summed E-state index contributed by atoms with van der Waals surface area (Å²) in [6.07, 6.45) is 3.16. The van der Waals surface area contributed by atoms with Crippen molar-refractivity contribution in [2.45, 2.75) is 26.4 Å². The van der Waals surface area contributed by atoms with Gasteiger partial charge in [0, 0.05) is 30.4 Å². The fourth-order valence-corrected chi connectivity index (χ4v) is 1.64. The first-order valence-electron chi connectivity index (χ1n) is 6.35. The van der Waals surface area contributed by atoms with E-state index < -0.39 is 11.6 Å². The minimum atomic E-state index is -0.739. The Bertz CT molecular complexity index is 588. The molecule has 106 valence electrons. The van der Waals surface area contributed by atoms with Crippen molar-refractivity contribution in [2.24, 2.45) is 0 Å². The van der Waals surface area contributed by atoms with Gasteiger partial charge in [-0.25, -0.2) is 8.78 Å². The molecule has 0 fully saturated rings. The van der Waals surface area contributed by atoms with Crippen molar-refractivity contribution in [3.05, 3.63) is 53.9 Å². The standard InChI is InChI=1S/C15H16F2N2O/c1-10(2)19-8-11-5-6-18-9-15(11)20-14-4-3-12(16)7-13(14)17/h3-7,9-10,19H,8H2,1-2H3. The summed E-state index contributed by atoms with van der Waals surface area (Å²) in [6.45, 7) is 4.64. The predicted molar refractivity (Wildman–Crippen MR) is 72.6 cm³/mol. The highest BCUT2D eigenvalue weighted by atomic mass is 19.1. The minimum Gasteiger partial charge on any atom is -0.452 e. The second-order valence-electron chi connectivity index (χ2n) is 4.70. The molecule has 0 aliphatic carbocycles. The molecule has 1 aromatic carbocycles. The smallest absolute Gasteiger partial charge is 0.168 e. The minimum absolute atomic E-state index is 0.0230. The van der Waals surface area contributed by atoms with Crippen LogP contribution in [0, 0.1) is 11.6 Å². The SMILES string of the molecule is CC(C)NCc1ccncc1Oc1ccc(F)cc1F. The Labute approximate surface area is 116 Å². The third-order valence-corrected chi connectivity index (χ3v) is 2.68. The number of halogens is 2. The lowest BCUT2D eigenvalue weighted by molar-refractivity contribution is 0.428. The molecule has 0 unspecified atom stereocenters. The van der Waals surface area contributed by atoms with E-state index in [1.54, 1.807) is 12.3 Å². The maximum atomic E-state index is 13.6. The van der Waals surface area contributed by atoms with Crippen molar-refractivity contribution in [3.8, 4) is 11.5 Å². The Balaban J connectivity index is 2.20. The van der Waals surface area contributed by atoms with Gasteiger partial charge in [-0.3, -0.25) is 4.98 Å². The molecule has 20 heavy (non-hydrogen) atoms. The average Bonchev–Trinajstić information content (AvgIpc) is 2.41. The summed E-state index contributed by atoms with van der Waals surface area (Å²) < 4.78 is 31.9. The molecule has 3 nitrogen and oxygen atoms in total. The van der Waals surface area contributed by atoms with E-state index in [2.05, 4.69) is 10.3 Å². The van der Waals surface area contributed by atoms with Crippen molar-refractivity contribution >= 4 is 0 Å². The number of nitrogens with one attached hydrogen (secondary N) is 1. The monoisotopic (exact) mass is 278 g/mol. The van der Waals surface area contributed by atoms with E-state index in [1.165, 1.54) is 12.3 Å². The van der Waals surface area contributed by atoms with Crippen LogP contribution >= 0.6 is 0 Å². The molecule has 0 spiro atoms. The summed E-state index contributed by atoms with van der Waals surface area (Å²) in [5, 5.41) is 3.25. The first-order chi connectivity index (χ1) is 9.56. The van der Waals surface area contributed by atoms with Crippen LogP contribution in [0.1, 0.15) is 19.4 Å². The Kier molecular flexibility index (Phi) is 4.63. The van der Waals surface area contributed by atoms with Gasteiger partial charge in [-0.1, -0.05) is 13.8 Å². The van der Waals surface area contributed by atoms with Gasteiger partial charge >= 0.3 is 0 Å². The van der Waals surface area contributed by atoms with Gasteiger partial charge in [0.05, 0.1) is 6.20 Å². The second-order valence-corrected chi connectivity index (χ2v) is 4.70. The van der Waals surface area contributed by atoms with Crippen molar-refractivity contribution in [2.75, 3.05) is 0 Å². The summed E-state index contributed by atoms with van der Waals surface area (Å²) in [5.74, 6) is -0.948. The zero-order valence-electron chi connectivity index (χ0n) is 11.4. The average molecular weight is 278 g/mol. The maximum absolute atomic E-state index is 13.6.